The minimum Gasteiger partial charge on any atom is -0.494 e. The third kappa shape index (κ3) is 2.54. The fraction of sp³-hybridized carbons (Fsp3) is 0.250. The zero-order valence-corrected chi connectivity index (χ0v) is 12.1. The van der Waals surface area contributed by atoms with Gasteiger partial charge >= 0.3 is 0 Å². The van der Waals surface area contributed by atoms with E-state index in [0.717, 1.165) is 22.4 Å². The smallest absolute Gasteiger partial charge is 0.167 e. The minimum absolute atomic E-state index is 0.108. The van der Waals surface area contributed by atoms with E-state index in [1.54, 1.807) is 0 Å². The van der Waals surface area contributed by atoms with Crippen molar-refractivity contribution in [2.45, 2.75) is 20.8 Å². The van der Waals surface area contributed by atoms with Gasteiger partial charge < -0.3 is 15.2 Å². The Kier molecular flexibility index (Phi) is 3.84. The highest BCUT2D eigenvalue weighted by molar-refractivity contribution is 5.59. The van der Waals surface area contributed by atoms with E-state index in [1.165, 1.54) is 19.2 Å². The number of hydrogen-bond acceptors (Lipinski definition) is 3. The maximum Gasteiger partial charge on any atom is 0.167 e. The first-order valence-electron chi connectivity index (χ1n) is 6.31. The Bertz CT molecular complexity index is 653. The Morgan fingerprint density at radius 1 is 1.00 bits per heavy atom. The Hall–Kier alpha value is -2.23. The summed E-state index contributed by atoms with van der Waals surface area (Å²) in [6, 6.07) is 6.68. The van der Waals surface area contributed by atoms with Crippen LogP contribution in [0, 0.1) is 26.6 Å². The number of benzene rings is 2. The van der Waals surface area contributed by atoms with Gasteiger partial charge in [-0.3, -0.25) is 0 Å². The zero-order chi connectivity index (χ0) is 14.9. The van der Waals surface area contributed by atoms with Crippen LogP contribution >= 0.6 is 0 Å². The van der Waals surface area contributed by atoms with Crippen LogP contribution in [-0.2, 0) is 0 Å². The SMILES string of the molecule is COc1cc(Oc2c(C)ccc(C)c2C)c(N)cc1F. The van der Waals surface area contributed by atoms with Crippen LogP contribution in [0.2, 0.25) is 0 Å². The van der Waals surface area contributed by atoms with Crippen LogP contribution < -0.4 is 15.2 Å². The van der Waals surface area contributed by atoms with Gasteiger partial charge in [-0.15, -0.1) is 0 Å². The predicted octanol–water partition coefficient (Wildman–Crippen LogP) is 4.13. The van der Waals surface area contributed by atoms with Crippen molar-refractivity contribution in [2.75, 3.05) is 12.8 Å². The first-order chi connectivity index (χ1) is 9.43. The lowest BCUT2D eigenvalue weighted by Crippen LogP contribution is -1.99. The maximum atomic E-state index is 13.5. The number of rotatable bonds is 3. The zero-order valence-electron chi connectivity index (χ0n) is 12.1. The van der Waals surface area contributed by atoms with E-state index in [-0.39, 0.29) is 11.4 Å². The molecule has 106 valence electrons. The van der Waals surface area contributed by atoms with Crippen molar-refractivity contribution in [3.63, 3.8) is 0 Å². The topological polar surface area (TPSA) is 44.5 Å². The Morgan fingerprint density at radius 3 is 2.30 bits per heavy atom. The second-order valence-corrected chi connectivity index (χ2v) is 4.78. The van der Waals surface area contributed by atoms with Gasteiger partial charge in [0, 0.05) is 12.1 Å². The third-order valence-electron chi connectivity index (χ3n) is 3.37. The fourth-order valence-corrected chi connectivity index (χ4v) is 1.99. The van der Waals surface area contributed by atoms with Crippen molar-refractivity contribution < 1.29 is 13.9 Å². The number of methoxy groups -OCH3 is 1. The monoisotopic (exact) mass is 275 g/mol. The molecule has 0 spiro atoms. The molecule has 20 heavy (non-hydrogen) atoms. The molecule has 3 nitrogen and oxygen atoms in total. The largest absolute Gasteiger partial charge is 0.494 e. The van der Waals surface area contributed by atoms with Gasteiger partial charge in [-0.25, -0.2) is 4.39 Å². The average Bonchev–Trinajstić information content (AvgIpc) is 2.41. The van der Waals surface area contributed by atoms with Crippen LogP contribution in [-0.4, -0.2) is 7.11 Å². The summed E-state index contributed by atoms with van der Waals surface area (Å²) in [5.74, 6) is 0.734. The number of hydrogen-bond donors (Lipinski definition) is 1. The van der Waals surface area contributed by atoms with Crippen LogP contribution in [0.1, 0.15) is 16.7 Å². The van der Waals surface area contributed by atoms with Gasteiger partial charge in [-0.05, 0) is 37.5 Å². The normalized spacial score (nSPS) is 10.4. The van der Waals surface area contributed by atoms with Crippen molar-refractivity contribution in [1.82, 2.24) is 0 Å². The van der Waals surface area contributed by atoms with E-state index in [2.05, 4.69) is 0 Å². The highest BCUT2D eigenvalue weighted by Gasteiger charge is 2.13. The van der Waals surface area contributed by atoms with Crippen molar-refractivity contribution in [1.29, 1.82) is 0 Å². The molecule has 0 aromatic heterocycles. The predicted molar refractivity (Wildman–Crippen MR) is 78.1 cm³/mol. The number of anilines is 1. The molecule has 2 aromatic carbocycles. The molecule has 0 heterocycles. The fourth-order valence-electron chi connectivity index (χ4n) is 1.99. The molecule has 0 aliphatic heterocycles. The molecule has 2 aromatic rings. The van der Waals surface area contributed by atoms with Gasteiger partial charge in [-0.2, -0.15) is 0 Å². The summed E-state index contributed by atoms with van der Waals surface area (Å²) in [5.41, 5.74) is 9.20. The van der Waals surface area contributed by atoms with Crippen molar-refractivity contribution in [3.8, 4) is 17.2 Å². The van der Waals surface area contributed by atoms with Crippen LogP contribution in [0.3, 0.4) is 0 Å². The summed E-state index contributed by atoms with van der Waals surface area (Å²) in [7, 11) is 1.40. The van der Waals surface area contributed by atoms with E-state index < -0.39 is 5.82 Å². The van der Waals surface area contributed by atoms with Gasteiger partial charge in [-0.1, -0.05) is 12.1 Å². The molecule has 0 aliphatic rings. The van der Waals surface area contributed by atoms with Crippen LogP contribution in [0.5, 0.6) is 17.2 Å². The Morgan fingerprint density at radius 2 is 1.65 bits per heavy atom. The number of halogens is 1. The van der Waals surface area contributed by atoms with Gasteiger partial charge in [0.2, 0.25) is 0 Å². The summed E-state index contributed by atoms with van der Waals surface area (Å²) < 4.78 is 24.4. The molecule has 0 amide bonds. The first-order valence-corrected chi connectivity index (χ1v) is 6.31. The van der Waals surface area contributed by atoms with Gasteiger partial charge in [0.25, 0.3) is 0 Å². The van der Waals surface area contributed by atoms with Gasteiger partial charge in [0.1, 0.15) is 5.75 Å². The van der Waals surface area contributed by atoms with Gasteiger partial charge in [0.05, 0.1) is 12.8 Å². The second kappa shape index (κ2) is 5.41. The number of nitrogens with two attached hydrogens (primary N) is 1. The molecule has 0 saturated heterocycles. The molecular formula is C16H18FNO2. The summed E-state index contributed by atoms with van der Waals surface area (Å²) >= 11 is 0. The van der Waals surface area contributed by atoms with Crippen molar-refractivity contribution in [3.05, 3.63) is 46.8 Å². The molecule has 2 N–H and O–H groups in total. The maximum absolute atomic E-state index is 13.5. The standard InChI is InChI=1S/C16H18FNO2/c1-9-5-6-10(2)16(11(9)3)20-15-8-14(19-4)12(17)7-13(15)18/h5-8H,18H2,1-4H3. The summed E-state index contributed by atoms with van der Waals surface area (Å²) in [5, 5.41) is 0. The van der Waals surface area contributed by atoms with Crippen LogP contribution in [0.15, 0.2) is 24.3 Å². The summed E-state index contributed by atoms with van der Waals surface area (Å²) in [4.78, 5) is 0. The Labute approximate surface area is 118 Å². The summed E-state index contributed by atoms with van der Waals surface area (Å²) in [6.45, 7) is 5.95. The quantitative estimate of drug-likeness (QED) is 0.856. The molecule has 0 unspecified atom stereocenters. The lowest BCUT2D eigenvalue weighted by molar-refractivity contribution is 0.381. The number of nitrogen functional groups attached to an aromatic ring is 1. The van der Waals surface area contributed by atoms with E-state index >= 15 is 0 Å². The number of aryl methyl sites for hydroxylation is 2. The first kappa shape index (κ1) is 14.2. The van der Waals surface area contributed by atoms with Crippen LogP contribution in [0.4, 0.5) is 10.1 Å². The molecule has 2 rings (SSSR count). The molecular weight excluding hydrogens is 257 g/mol. The lowest BCUT2D eigenvalue weighted by Gasteiger charge is -2.16. The highest BCUT2D eigenvalue weighted by Crippen LogP contribution is 2.36. The lowest BCUT2D eigenvalue weighted by atomic mass is 10.1. The molecule has 0 saturated carbocycles. The minimum atomic E-state index is -0.505. The Balaban J connectivity index is 2.48. The molecule has 0 bridgehead atoms. The third-order valence-corrected chi connectivity index (χ3v) is 3.37. The van der Waals surface area contributed by atoms with E-state index in [1.807, 2.05) is 32.9 Å². The summed E-state index contributed by atoms with van der Waals surface area (Å²) in [6.07, 6.45) is 0. The van der Waals surface area contributed by atoms with Gasteiger partial charge in [0.15, 0.2) is 17.3 Å². The number of ether oxygens (including phenoxy) is 2. The average molecular weight is 275 g/mol. The van der Waals surface area contributed by atoms with E-state index in [4.69, 9.17) is 15.2 Å². The van der Waals surface area contributed by atoms with Crippen LogP contribution in [0.25, 0.3) is 0 Å². The van der Waals surface area contributed by atoms with Crippen molar-refractivity contribution in [2.24, 2.45) is 0 Å². The van der Waals surface area contributed by atoms with E-state index in [9.17, 15) is 4.39 Å². The molecule has 0 fully saturated rings. The van der Waals surface area contributed by atoms with Crippen molar-refractivity contribution >= 4 is 5.69 Å². The second-order valence-electron chi connectivity index (χ2n) is 4.78. The molecule has 0 radical (unpaired) electrons. The van der Waals surface area contributed by atoms with E-state index in [0.29, 0.717) is 5.75 Å². The molecule has 0 aliphatic carbocycles. The molecule has 4 heteroatoms. The highest BCUT2D eigenvalue weighted by atomic mass is 19.1. The molecule has 0 atom stereocenters.